The van der Waals surface area contributed by atoms with Gasteiger partial charge in [0.2, 0.25) is 0 Å². The number of benzene rings is 3. The van der Waals surface area contributed by atoms with E-state index in [0.29, 0.717) is 41.0 Å². The average molecular weight is 518 g/mol. The van der Waals surface area contributed by atoms with E-state index >= 15 is 0 Å². The van der Waals surface area contributed by atoms with Crippen LogP contribution in [0.4, 0.5) is 0 Å². The highest BCUT2D eigenvalue weighted by molar-refractivity contribution is 7.17. The van der Waals surface area contributed by atoms with Gasteiger partial charge in [0.25, 0.3) is 5.91 Å². The second-order valence-electron chi connectivity index (χ2n) is 8.83. The molecule has 2 aliphatic rings. The van der Waals surface area contributed by atoms with Gasteiger partial charge in [-0.15, -0.1) is 11.3 Å². The smallest absolute Gasteiger partial charge is 0.264 e. The molecule has 0 fully saturated rings. The molecule has 3 heterocycles. The Morgan fingerprint density at radius 1 is 0.972 bits per heavy atom. The minimum atomic E-state index is -0.350. The predicted molar refractivity (Wildman–Crippen MR) is 142 cm³/mol. The summed E-state index contributed by atoms with van der Waals surface area (Å²) < 4.78 is 17.1. The maximum Gasteiger partial charge on any atom is 0.264 e. The molecule has 0 spiro atoms. The molecule has 0 N–H and O–H groups in total. The van der Waals surface area contributed by atoms with Gasteiger partial charge in [-0.05, 0) is 59.5 Å². The van der Waals surface area contributed by atoms with Crippen LogP contribution in [-0.2, 0) is 13.0 Å². The molecule has 1 aromatic heterocycles. The standard InChI is InChI=1S/C29H24ClNO4S/c1-33-24-13-17-11-12-31(27(21(17)15-25(24)34-2)19-7-3-5-9-22(19)30)29(32)26-14-18-16-35-23-10-6-4-8-20(23)28(18)36-26/h3-10,13-15,27H,11-12,16H2,1-2H3/t27-/m0/s1. The van der Waals surface area contributed by atoms with Gasteiger partial charge in [0, 0.05) is 27.6 Å². The van der Waals surface area contributed by atoms with Gasteiger partial charge in [-0.25, -0.2) is 0 Å². The summed E-state index contributed by atoms with van der Waals surface area (Å²) in [6, 6.07) is 21.3. The lowest BCUT2D eigenvalue weighted by molar-refractivity contribution is 0.0699. The summed E-state index contributed by atoms with van der Waals surface area (Å²) in [7, 11) is 3.26. The fraction of sp³-hybridized carbons (Fsp3) is 0.207. The van der Waals surface area contributed by atoms with Gasteiger partial charge in [0.1, 0.15) is 12.4 Å². The Bertz CT molecular complexity index is 1480. The number of nitrogens with zero attached hydrogens (tertiary/aromatic N) is 1. The van der Waals surface area contributed by atoms with Crippen LogP contribution in [0.3, 0.4) is 0 Å². The SMILES string of the molecule is COc1cc2c(cc1OC)[C@H](c1ccccc1Cl)N(C(=O)c1cc3c(s1)-c1ccccc1OC3)CC2. The highest BCUT2D eigenvalue weighted by Crippen LogP contribution is 2.46. The van der Waals surface area contributed by atoms with E-state index in [4.69, 9.17) is 25.8 Å². The van der Waals surface area contributed by atoms with E-state index in [1.807, 2.05) is 71.6 Å². The van der Waals surface area contributed by atoms with Crippen molar-refractivity contribution in [3.05, 3.63) is 98.9 Å². The van der Waals surface area contributed by atoms with E-state index in [9.17, 15) is 4.79 Å². The van der Waals surface area contributed by atoms with Crippen molar-refractivity contribution in [1.82, 2.24) is 4.90 Å². The number of carbonyl (C=O) groups excluding carboxylic acids is 1. The quantitative estimate of drug-likeness (QED) is 0.300. The Labute approximate surface area is 218 Å². The average Bonchev–Trinajstić information content (AvgIpc) is 3.37. The molecule has 0 bridgehead atoms. The number of rotatable bonds is 4. The summed E-state index contributed by atoms with van der Waals surface area (Å²) in [5.41, 5.74) is 5.08. The lowest BCUT2D eigenvalue weighted by atomic mass is 9.87. The first-order chi connectivity index (χ1) is 17.6. The van der Waals surface area contributed by atoms with Gasteiger partial charge in [-0.1, -0.05) is 41.9 Å². The molecule has 0 radical (unpaired) electrons. The Kier molecular flexibility index (Phi) is 5.86. The van der Waals surface area contributed by atoms with E-state index < -0.39 is 0 Å². The topological polar surface area (TPSA) is 48.0 Å². The summed E-state index contributed by atoms with van der Waals surface area (Å²) in [6.45, 7) is 1.02. The van der Waals surface area contributed by atoms with Crippen molar-refractivity contribution >= 4 is 28.8 Å². The number of carbonyl (C=O) groups is 1. The largest absolute Gasteiger partial charge is 0.493 e. The number of ether oxygens (including phenoxy) is 3. The van der Waals surface area contributed by atoms with Crippen LogP contribution >= 0.6 is 22.9 Å². The van der Waals surface area contributed by atoms with Crippen LogP contribution in [0.15, 0.2) is 66.7 Å². The fourth-order valence-electron chi connectivity index (χ4n) is 5.14. The Morgan fingerprint density at radius 2 is 1.72 bits per heavy atom. The third kappa shape index (κ3) is 3.72. The van der Waals surface area contributed by atoms with Gasteiger partial charge in [0.05, 0.1) is 25.1 Å². The molecule has 1 atom stereocenters. The van der Waals surface area contributed by atoms with Crippen LogP contribution in [0.2, 0.25) is 5.02 Å². The fourth-order valence-corrected chi connectivity index (χ4v) is 6.54. The first-order valence-electron chi connectivity index (χ1n) is 11.7. The van der Waals surface area contributed by atoms with Gasteiger partial charge < -0.3 is 19.1 Å². The maximum absolute atomic E-state index is 14.1. The molecule has 3 aromatic carbocycles. The monoisotopic (exact) mass is 517 g/mol. The minimum Gasteiger partial charge on any atom is -0.493 e. The summed E-state index contributed by atoms with van der Waals surface area (Å²) in [6.07, 6.45) is 0.708. The van der Waals surface area contributed by atoms with Gasteiger partial charge in [-0.3, -0.25) is 4.79 Å². The summed E-state index contributed by atoms with van der Waals surface area (Å²) in [5, 5.41) is 0.621. The number of hydrogen-bond donors (Lipinski definition) is 0. The zero-order valence-corrected chi connectivity index (χ0v) is 21.5. The minimum absolute atomic E-state index is 0.0164. The molecule has 0 saturated carbocycles. The van der Waals surface area contributed by atoms with E-state index in [0.717, 1.165) is 38.4 Å². The molecule has 182 valence electrons. The van der Waals surface area contributed by atoms with Crippen LogP contribution in [0.25, 0.3) is 10.4 Å². The van der Waals surface area contributed by atoms with Crippen LogP contribution in [0.5, 0.6) is 17.2 Å². The Hall–Kier alpha value is -3.48. The number of methoxy groups -OCH3 is 2. The second-order valence-corrected chi connectivity index (χ2v) is 10.3. The van der Waals surface area contributed by atoms with Crippen LogP contribution in [0, 0.1) is 0 Å². The molecule has 7 heteroatoms. The number of amides is 1. The van der Waals surface area contributed by atoms with E-state index in [1.54, 1.807) is 14.2 Å². The van der Waals surface area contributed by atoms with Crippen molar-refractivity contribution < 1.29 is 19.0 Å². The molecule has 0 aliphatic carbocycles. The van der Waals surface area contributed by atoms with E-state index in [-0.39, 0.29) is 11.9 Å². The molecule has 4 aromatic rings. The van der Waals surface area contributed by atoms with E-state index in [1.165, 1.54) is 11.3 Å². The highest BCUT2D eigenvalue weighted by atomic mass is 35.5. The first kappa shape index (κ1) is 23.0. The summed E-state index contributed by atoms with van der Waals surface area (Å²) >= 11 is 8.23. The molecule has 2 aliphatic heterocycles. The first-order valence-corrected chi connectivity index (χ1v) is 12.9. The molecule has 6 rings (SSSR count). The van der Waals surface area contributed by atoms with E-state index in [2.05, 4.69) is 0 Å². The number of hydrogen-bond acceptors (Lipinski definition) is 5. The highest BCUT2D eigenvalue weighted by Gasteiger charge is 2.36. The number of fused-ring (bicyclic) bond motifs is 4. The molecule has 36 heavy (non-hydrogen) atoms. The lowest BCUT2D eigenvalue weighted by Gasteiger charge is -2.38. The van der Waals surface area contributed by atoms with Crippen molar-refractivity contribution in [3.8, 4) is 27.7 Å². The van der Waals surface area contributed by atoms with Crippen molar-refractivity contribution in [2.75, 3.05) is 20.8 Å². The van der Waals surface area contributed by atoms with Crippen LogP contribution < -0.4 is 14.2 Å². The number of halogens is 1. The van der Waals surface area contributed by atoms with Crippen molar-refractivity contribution in [2.24, 2.45) is 0 Å². The van der Waals surface area contributed by atoms with Crippen molar-refractivity contribution in [1.29, 1.82) is 0 Å². The molecule has 0 unspecified atom stereocenters. The normalized spacial score (nSPS) is 15.9. The number of thiophene rings is 1. The zero-order chi connectivity index (χ0) is 24.8. The zero-order valence-electron chi connectivity index (χ0n) is 19.9. The molecule has 0 saturated heterocycles. The van der Waals surface area contributed by atoms with Gasteiger partial charge in [-0.2, -0.15) is 0 Å². The van der Waals surface area contributed by atoms with Crippen LogP contribution in [0.1, 0.15) is 38.0 Å². The third-order valence-corrected chi connectivity index (χ3v) is 8.41. The Morgan fingerprint density at radius 3 is 2.53 bits per heavy atom. The predicted octanol–water partition coefficient (Wildman–Crippen LogP) is 6.77. The second kappa shape index (κ2) is 9.19. The molecule has 5 nitrogen and oxygen atoms in total. The Balaban J connectivity index is 1.46. The number of para-hydroxylation sites is 1. The van der Waals surface area contributed by atoms with Crippen LogP contribution in [-0.4, -0.2) is 31.6 Å². The van der Waals surface area contributed by atoms with Crippen molar-refractivity contribution in [2.45, 2.75) is 19.1 Å². The third-order valence-electron chi connectivity index (χ3n) is 6.87. The molecular formula is C29H24ClNO4S. The van der Waals surface area contributed by atoms with Gasteiger partial charge in [0.15, 0.2) is 11.5 Å². The molecule has 1 amide bonds. The van der Waals surface area contributed by atoms with Gasteiger partial charge >= 0.3 is 0 Å². The summed E-state index contributed by atoms with van der Waals surface area (Å²) in [5.74, 6) is 2.14. The molecular weight excluding hydrogens is 494 g/mol. The lowest BCUT2D eigenvalue weighted by Crippen LogP contribution is -2.40. The van der Waals surface area contributed by atoms with Crippen molar-refractivity contribution in [3.63, 3.8) is 0 Å². The maximum atomic E-state index is 14.1. The summed E-state index contributed by atoms with van der Waals surface area (Å²) in [4.78, 5) is 17.8.